The smallest absolute Gasteiger partial charge is 0.340 e. The molecule has 0 amide bonds. The number of hydrogen-bond donors (Lipinski definition) is 1. The van der Waals surface area contributed by atoms with Crippen molar-refractivity contribution in [3.05, 3.63) is 109 Å². The van der Waals surface area contributed by atoms with Gasteiger partial charge in [-0.25, -0.2) is 14.6 Å². The van der Waals surface area contributed by atoms with Crippen molar-refractivity contribution in [2.45, 2.75) is 6.18 Å². The van der Waals surface area contributed by atoms with Crippen LogP contribution in [0.4, 0.5) is 24.7 Å². The fraction of sp³-hybridized carbons (Fsp3) is 0.0385. The third-order valence-corrected chi connectivity index (χ3v) is 5.18. The Labute approximate surface area is 193 Å². The van der Waals surface area contributed by atoms with Crippen LogP contribution in [0.2, 0.25) is 0 Å². The van der Waals surface area contributed by atoms with Crippen molar-refractivity contribution in [1.82, 2.24) is 19.7 Å². The molecular formula is C26H18F3N5. The second kappa shape index (κ2) is 8.82. The standard InChI is InChI=1S/C26H18F3N5/c27-26(28,29)20-12-7-13-21(14-20)32-24-16-25(31-17-30-24)34-23(19-10-5-2-6-11-19)15-22(33-34)18-8-3-1-4-9-18/h1-17H,(H,30,31,32). The summed E-state index contributed by atoms with van der Waals surface area (Å²) < 4.78 is 40.9. The number of aromatic nitrogens is 4. The first-order chi connectivity index (χ1) is 16.5. The molecule has 0 saturated heterocycles. The molecule has 168 valence electrons. The highest BCUT2D eigenvalue weighted by atomic mass is 19.4. The van der Waals surface area contributed by atoms with E-state index in [4.69, 9.17) is 5.10 Å². The van der Waals surface area contributed by atoms with Crippen molar-refractivity contribution >= 4 is 11.5 Å². The molecule has 0 spiro atoms. The molecule has 8 heteroatoms. The summed E-state index contributed by atoms with van der Waals surface area (Å²) in [6, 6.07) is 28.1. The zero-order valence-electron chi connectivity index (χ0n) is 17.7. The maximum absolute atomic E-state index is 13.1. The Hall–Kier alpha value is -4.46. The van der Waals surface area contributed by atoms with E-state index in [0.29, 0.717) is 11.6 Å². The van der Waals surface area contributed by atoms with E-state index < -0.39 is 11.7 Å². The van der Waals surface area contributed by atoms with Crippen LogP contribution in [0.25, 0.3) is 28.3 Å². The van der Waals surface area contributed by atoms with Crippen LogP contribution in [0.15, 0.2) is 103 Å². The topological polar surface area (TPSA) is 55.6 Å². The number of halogens is 3. The van der Waals surface area contributed by atoms with Crippen LogP contribution in [-0.4, -0.2) is 19.7 Å². The summed E-state index contributed by atoms with van der Waals surface area (Å²) in [4.78, 5) is 8.55. The van der Waals surface area contributed by atoms with Crippen LogP contribution in [0.1, 0.15) is 5.56 Å². The Morgan fingerprint density at radius 3 is 2.12 bits per heavy atom. The molecule has 3 aromatic carbocycles. The summed E-state index contributed by atoms with van der Waals surface area (Å²) in [6.07, 6.45) is -3.08. The highest BCUT2D eigenvalue weighted by Gasteiger charge is 2.30. The first-order valence-electron chi connectivity index (χ1n) is 10.4. The molecule has 5 rings (SSSR count). The average Bonchev–Trinajstić information content (AvgIpc) is 3.31. The molecule has 0 aliphatic heterocycles. The summed E-state index contributed by atoms with van der Waals surface area (Å²) in [6.45, 7) is 0. The number of anilines is 2. The van der Waals surface area contributed by atoms with E-state index >= 15 is 0 Å². The predicted molar refractivity (Wildman–Crippen MR) is 125 cm³/mol. The van der Waals surface area contributed by atoms with Crippen molar-refractivity contribution in [3.63, 3.8) is 0 Å². The van der Waals surface area contributed by atoms with Crippen molar-refractivity contribution in [2.75, 3.05) is 5.32 Å². The normalized spacial score (nSPS) is 11.4. The van der Waals surface area contributed by atoms with Gasteiger partial charge >= 0.3 is 6.18 Å². The highest BCUT2D eigenvalue weighted by Crippen LogP contribution is 2.32. The lowest BCUT2D eigenvalue weighted by Crippen LogP contribution is -2.06. The first kappa shape index (κ1) is 21.4. The third-order valence-electron chi connectivity index (χ3n) is 5.18. The van der Waals surface area contributed by atoms with Gasteiger partial charge in [0.25, 0.3) is 0 Å². The van der Waals surface area contributed by atoms with Gasteiger partial charge in [0.15, 0.2) is 5.82 Å². The minimum atomic E-state index is -4.43. The third kappa shape index (κ3) is 4.52. The molecule has 0 saturated carbocycles. The molecule has 2 aromatic heterocycles. The van der Waals surface area contributed by atoms with E-state index in [2.05, 4.69) is 15.3 Å². The Balaban J connectivity index is 1.54. The van der Waals surface area contributed by atoms with E-state index in [9.17, 15) is 13.2 Å². The summed E-state index contributed by atoms with van der Waals surface area (Å²) in [5.74, 6) is 0.825. The van der Waals surface area contributed by atoms with Gasteiger partial charge in [-0.05, 0) is 24.3 Å². The molecule has 0 aliphatic rings. The van der Waals surface area contributed by atoms with Crippen LogP contribution in [0.5, 0.6) is 0 Å². The summed E-state index contributed by atoms with van der Waals surface area (Å²) in [7, 11) is 0. The molecule has 0 radical (unpaired) electrons. The van der Waals surface area contributed by atoms with Gasteiger partial charge in [-0.2, -0.15) is 18.3 Å². The minimum absolute atomic E-state index is 0.271. The monoisotopic (exact) mass is 457 g/mol. The average molecular weight is 457 g/mol. The van der Waals surface area contributed by atoms with Gasteiger partial charge < -0.3 is 5.32 Å². The van der Waals surface area contributed by atoms with E-state index in [1.54, 1.807) is 16.8 Å². The van der Waals surface area contributed by atoms with Gasteiger partial charge in [0.05, 0.1) is 17.0 Å². The van der Waals surface area contributed by atoms with Crippen LogP contribution >= 0.6 is 0 Å². The van der Waals surface area contributed by atoms with Crippen LogP contribution in [-0.2, 0) is 6.18 Å². The van der Waals surface area contributed by atoms with Crippen LogP contribution < -0.4 is 5.32 Å². The number of nitrogens with zero attached hydrogens (tertiary/aromatic N) is 4. The largest absolute Gasteiger partial charge is 0.416 e. The van der Waals surface area contributed by atoms with E-state index in [-0.39, 0.29) is 5.69 Å². The lowest BCUT2D eigenvalue weighted by atomic mass is 10.1. The molecule has 5 aromatic rings. The van der Waals surface area contributed by atoms with E-state index in [1.807, 2.05) is 66.7 Å². The Bertz CT molecular complexity index is 1410. The summed E-state index contributed by atoms with van der Waals surface area (Å²) in [5.41, 5.74) is 3.03. The molecule has 1 N–H and O–H groups in total. The molecule has 0 unspecified atom stereocenters. The lowest BCUT2D eigenvalue weighted by molar-refractivity contribution is -0.137. The first-order valence-corrected chi connectivity index (χ1v) is 10.4. The van der Waals surface area contributed by atoms with Crippen LogP contribution in [0.3, 0.4) is 0 Å². The van der Waals surface area contributed by atoms with Crippen molar-refractivity contribution in [1.29, 1.82) is 0 Å². The Morgan fingerprint density at radius 1 is 0.706 bits per heavy atom. The molecule has 2 heterocycles. The number of benzene rings is 3. The fourth-order valence-corrected chi connectivity index (χ4v) is 3.57. The van der Waals surface area contributed by atoms with Crippen molar-refractivity contribution in [2.24, 2.45) is 0 Å². The van der Waals surface area contributed by atoms with E-state index in [1.165, 1.54) is 12.4 Å². The second-order valence-electron chi connectivity index (χ2n) is 7.52. The SMILES string of the molecule is FC(F)(F)c1cccc(Nc2cc(-n3nc(-c4ccccc4)cc3-c3ccccc3)ncn2)c1. The fourth-order valence-electron chi connectivity index (χ4n) is 3.57. The van der Waals surface area contributed by atoms with Crippen LogP contribution in [0, 0.1) is 0 Å². The maximum atomic E-state index is 13.1. The number of rotatable bonds is 5. The van der Waals surface area contributed by atoms with E-state index in [0.717, 1.165) is 34.6 Å². The Kier molecular flexibility index (Phi) is 5.55. The predicted octanol–water partition coefficient (Wildman–Crippen LogP) is 6.76. The lowest BCUT2D eigenvalue weighted by Gasteiger charge is -2.11. The summed E-state index contributed by atoms with van der Waals surface area (Å²) >= 11 is 0. The molecule has 0 aliphatic carbocycles. The van der Waals surface area contributed by atoms with Gasteiger partial charge in [-0.3, -0.25) is 0 Å². The maximum Gasteiger partial charge on any atom is 0.416 e. The van der Waals surface area contributed by atoms with Gasteiger partial charge in [-0.1, -0.05) is 66.7 Å². The number of nitrogens with one attached hydrogen (secondary N) is 1. The molecule has 34 heavy (non-hydrogen) atoms. The molecular weight excluding hydrogens is 439 g/mol. The highest BCUT2D eigenvalue weighted by molar-refractivity contribution is 5.70. The van der Waals surface area contributed by atoms with Gasteiger partial charge in [-0.15, -0.1) is 0 Å². The number of alkyl halides is 3. The quantitative estimate of drug-likeness (QED) is 0.317. The number of hydrogen-bond acceptors (Lipinski definition) is 4. The van der Waals surface area contributed by atoms with Crippen molar-refractivity contribution in [3.8, 4) is 28.3 Å². The minimum Gasteiger partial charge on any atom is -0.340 e. The molecule has 0 atom stereocenters. The zero-order chi connectivity index (χ0) is 23.5. The summed E-state index contributed by atoms with van der Waals surface area (Å²) in [5, 5.41) is 7.70. The second-order valence-corrected chi connectivity index (χ2v) is 7.52. The molecule has 0 bridgehead atoms. The van der Waals surface area contributed by atoms with Crippen molar-refractivity contribution < 1.29 is 13.2 Å². The van der Waals surface area contributed by atoms with Gasteiger partial charge in [0.1, 0.15) is 12.1 Å². The zero-order valence-corrected chi connectivity index (χ0v) is 17.7. The van der Waals surface area contributed by atoms with Gasteiger partial charge in [0, 0.05) is 22.9 Å². The van der Waals surface area contributed by atoms with Gasteiger partial charge in [0.2, 0.25) is 0 Å². The molecule has 0 fully saturated rings. The Morgan fingerprint density at radius 2 is 1.41 bits per heavy atom. The molecule has 5 nitrogen and oxygen atoms in total.